The Labute approximate surface area is 81.9 Å². The van der Waals surface area contributed by atoms with E-state index in [0.29, 0.717) is 0 Å². The molecule has 0 aliphatic carbocycles. The number of hydrogen-bond donors (Lipinski definition) is 0. The minimum absolute atomic E-state index is 0. The summed E-state index contributed by atoms with van der Waals surface area (Å²) in [5.74, 6) is -0.378. The molecule has 0 spiro atoms. The molecule has 0 amide bonds. The molecule has 0 aliphatic heterocycles. The van der Waals surface area contributed by atoms with Crippen LogP contribution in [-0.2, 0) is 10.1 Å². The summed E-state index contributed by atoms with van der Waals surface area (Å²) in [5.41, 5.74) is 0. The van der Waals surface area contributed by atoms with E-state index in [9.17, 15) is 13.0 Å². The Morgan fingerprint density at radius 1 is 1.56 bits per heavy atom. The maximum atomic E-state index is 9.77. The maximum absolute atomic E-state index is 9.77. The first kappa shape index (κ1) is 12.7. The molecule has 0 fully saturated rings. The summed E-state index contributed by atoms with van der Waals surface area (Å²) in [7, 11) is -4.03. The van der Waals surface area contributed by atoms with Crippen molar-refractivity contribution in [2.45, 2.75) is 6.42 Å². The van der Waals surface area contributed by atoms with Gasteiger partial charge in [-0.1, -0.05) is 12.2 Å². The Morgan fingerprint density at radius 2 is 2.00 bits per heavy atom. The van der Waals surface area contributed by atoms with Crippen LogP contribution in [0.15, 0.2) is 0 Å². The average molecular weight is 176 g/mol. The molecule has 0 aromatic heterocycles. The van der Waals surface area contributed by atoms with Gasteiger partial charge in [0.05, 0.1) is 10.1 Å². The molecule has 0 heterocycles. The maximum Gasteiger partial charge on any atom is 1.00 e. The van der Waals surface area contributed by atoms with E-state index in [0.717, 1.165) is 0 Å². The van der Waals surface area contributed by atoms with E-state index in [1.807, 2.05) is 0 Å². The second-order valence-corrected chi connectivity index (χ2v) is 3.07. The summed E-state index contributed by atoms with van der Waals surface area (Å²) in [6.07, 6.45) is 0.168. The smallest absolute Gasteiger partial charge is 0.748 e. The quantitative estimate of drug-likeness (QED) is 0.260. The van der Waals surface area contributed by atoms with E-state index in [1.54, 1.807) is 0 Å². The van der Waals surface area contributed by atoms with Crippen molar-refractivity contribution in [2.75, 3.05) is 5.75 Å². The Balaban J connectivity index is 0. The van der Waals surface area contributed by atoms with Crippen molar-refractivity contribution in [1.82, 2.24) is 0 Å². The third-order valence-corrected chi connectivity index (χ3v) is 1.46. The molecule has 0 bridgehead atoms. The first-order valence-corrected chi connectivity index (χ1v) is 3.98. The fourth-order valence-corrected chi connectivity index (χ4v) is 0.866. The Kier molecular flexibility index (Phi) is 8.10. The van der Waals surface area contributed by atoms with Gasteiger partial charge < -0.3 is 4.55 Å². The Hall–Kier alpha value is 1.00. The molecule has 0 aromatic carbocycles. The molecule has 0 unspecified atom stereocenters. The van der Waals surface area contributed by atoms with Gasteiger partial charge in [-0.05, 0) is 11.8 Å². The molecule has 6 heteroatoms. The molecule has 0 radical (unpaired) electrons. The first-order chi connectivity index (χ1) is 3.56. The van der Waals surface area contributed by atoms with Crippen LogP contribution < -0.4 is 29.6 Å². The van der Waals surface area contributed by atoms with Gasteiger partial charge in [-0.3, -0.25) is 0 Å². The van der Waals surface area contributed by atoms with Gasteiger partial charge in [-0.2, -0.15) is 0 Å². The van der Waals surface area contributed by atoms with Crippen LogP contribution in [0.1, 0.15) is 6.42 Å². The van der Waals surface area contributed by atoms with Crippen molar-refractivity contribution in [3.05, 3.63) is 0 Å². The van der Waals surface area contributed by atoms with Crippen LogP contribution in [-0.4, -0.2) is 24.1 Å². The topological polar surface area (TPSA) is 57.2 Å². The van der Waals surface area contributed by atoms with Gasteiger partial charge in [0.2, 0.25) is 0 Å². The third kappa shape index (κ3) is 12.2. The summed E-state index contributed by atoms with van der Waals surface area (Å²) in [5, 5.41) is 1.23. The number of rotatable bonds is 3. The second kappa shape index (κ2) is 5.76. The van der Waals surface area contributed by atoms with Gasteiger partial charge in [0.25, 0.3) is 0 Å². The van der Waals surface area contributed by atoms with Crippen molar-refractivity contribution in [2.24, 2.45) is 0 Å². The van der Waals surface area contributed by atoms with E-state index < -0.39 is 10.1 Å². The van der Waals surface area contributed by atoms with Gasteiger partial charge in [0, 0.05) is 5.75 Å². The van der Waals surface area contributed by atoms with Gasteiger partial charge in [-0.15, -0.1) is 0 Å². The molecule has 3 nitrogen and oxygen atoms in total. The van der Waals surface area contributed by atoms with Crippen molar-refractivity contribution in [3.8, 4) is 0 Å². The van der Waals surface area contributed by atoms with Crippen molar-refractivity contribution >= 4 is 27.7 Å². The summed E-state index contributed by atoms with van der Waals surface area (Å²) < 4.78 is 29.3. The number of thiocarbonyl (C=S) groups is 1. The van der Waals surface area contributed by atoms with Gasteiger partial charge in [0.15, 0.2) is 0 Å². The van der Waals surface area contributed by atoms with E-state index in [1.165, 1.54) is 5.37 Å². The summed E-state index contributed by atoms with van der Waals surface area (Å²) in [6.45, 7) is 0. The van der Waals surface area contributed by atoms with E-state index >= 15 is 0 Å². The third-order valence-electron chi connectivity index (χ3n) is 0.486. The van der Waals surface area contributed by atoms with Crippen LogP contribution in [0.3, 0.4) is 0 Å². The normalized spacial score (nSPS) is 9.89. The molecule has 0 aromatic rings. The summed E-state index contributed by atoms with van der Waals surface area (Å²) in [6, 6.07) is 0. The monoisotopic (exact) mass is 176 g/mol. The van der Waals surface area contributed by atoms with Crippen LogP contribution >= 0.6 is 12.2 Å². The molecule has 0 aliphatic rings. The zero-order valence-electron chi connectivity index (χ0n) is 5.03. The summed E-state index contributed by atoms with van der Waals surface area (Å²) >= 11 is 4.29. The van der Waals surface area contributed by atoms with Gasteiger partial charge in [0.1, 0.15) is 0 Å². The standard InChI is InChI=1S/C3H6O3S2.Na/c4-8(5,6)3-1-2-7;/h2H,1,3H2,(H,4,5,6);/q;+1/p-1. The zero-order valence-corrected chi connectivity index (χ0v) is 8.67. The van der Waals surface area contributed by atoms with Crippen LogP contribution in [0.4, 0.5) is 0 Å². The fraction of sp³-hybridized carbons (Fsp3) is 0.667. The largest absolute Gasteiger partial charge is 1.00 e. The molecular formula is C3H5NaO3S2. The molecule has 0 N–H and O–H groups in total. The fourth-order valence-electron chi connectivity index (χ4n) is 0.192. The summed E-state index contributed by atoms with van der Waals surface area (Å²) in [4.78, 5) is 0. The van der Waals surface area contributed by atoms with Gasteiger partial charge >= 0.3 is 29.6 Å². The van der Waals surface area contributed by atoms with Crippen LogP contribution in [0.5, 0.6) is 0 Å². The van der Waals surface area contributed by atoms with E-state index in [2.05, 4.69) is 12.2 Å². The second-order valence-electron chi connectivity index (χ2n) is 1.22. The predicted octanol–water partition coefficient (Wildman–Crippen LogP) is -3.07. The van der Waals surface area contributed by atoms with Gasteiger partial charge in [-0.25, -0.2) is 8.42 Å². The van der Waals surface area contributed by atoms with Crippen LogP contribution in [0.25, 0.3) is 0 Å². The molecular weight excluding hydrogens is 171 g/mol. The van der Waals surface area contributed by atoms with E-state index in [4.69, 9.17) is 0 Å². The molecule has 0 atom stereocenters. The zero-order chi connectivity index (χ0) is 6.62. The van der Waals surface area contributed by atoms with Crippen molar-refractivity contribution in [3.63, 3.8) is 0 Å². The van der Waals surface area contributed by atoms with Crippen LogP contribution in [0.2, 0.25) is 0 Å². The van der Waals surface area contributed by atoms with Crippen molar-refractivity contribution in [1.29, 1.82) is 0 Å². The molecule has 0 rings (SSSR count). The van der Waals surface area contributed by atoms with Crippen molar-refractivity contribution < 1.29 is 42.5 Å². The molecule has 9 heavy (non-hydrogen) atoms. The molecule has 0 saturated carbocycles. The predicted molar refractivity (Wildman–Crippen MR) is 32.8 cm³/mol. The minimum Gasteiger partial charge on any atom is -0.748 e. The first-order valence-electron chi connectivity index (χ1n) is 1.93. The Bertz CT molecular complexity index is 162. The molecule has 0 saturated heterocycles. The van der Waals surface area contributed by atoms with Crippen LogP contribution in [0, 0.1) is 0 Å². The SMILES string of the molecule is O=S(=O)([O-])CCC=S.[Na+]. The Morgan fingerprint density at radius 3 is 2.11 bits per heavy atom. The average Bonchev–Trinajstić information content (AvgIpc) is 1.59. The minimum atomic E-state index is -4.03. The van der Waals surface area contributed by atoms with E-state index in [-0.39, 0.29) is 41.7 Å². The number of hydrogen-bond acceptors (Lipinski definition) is 4. The molecule has 48 valence electrons.